The molecule has 0 radical (unpaired) electrons. The van der Waals surface area contributed by atoms with E-state index >= 15 is 0 Å². The number of carbonyl (C=O) groups is 1. The Kier molecular flexibility index (Phi) is 5.50. The van der Waals surface area contributed by atoms with Gasteiger partial charge >= 0.3 is 6.36 Å². The van der Waals surface area contributed by atoms with Gasteiger partial charge in [-0.25, -0.2) is 0 Å². The van der Waals surface area contributed by atoms with Gasteiger partial charge in [-0.15, -0.1) is 13.2 Å². The normalized spacial score (nSPS) is 11.1. The Morgan fingerprint density at radius 1 is 1.04 bits per heavy atom. The molecule has 2 aromatic rings. The van der Waals surface area contributed by atoms with Crippen LogP contribution in [0.4, 0.5) is 18.9 Å². The topological polar surface area (TPSA) is 38.3 Å². The van der Waals surface area contributed by atoms with Crippen LogP contribution in [0.25, 0.3) is 0 Å². The van der Waals surface area contributed by atoms with Crippen LogP contribution >= 0.6 is 11.6 Å². The van der Waals surface area contributed by atoms with Gasteiger partial charge in [0.1, 0.15) is 5.75 Å². The summed E-state index contributed by atoms with van der Waals surface area (Å²) in [4.78, 5) is 11.8. The number of ether oxygens (including phenoxy) is 1. The van der Waals surface area contributed by atoms with Crippen LogP contribution < -0.4 is 10.1 Å². The quantitative estimate of drug-likeness (QED) is 0.846. The fourth-order valence-electron chi connectivity index (χ4n) is 1.87. The van der Waals surface area contributed by atoms with Crippen molar-refractivity contribution in [1.82, 2.24) is 0 Å². The van der Waals surface area contributed by atoms with Crippen LogP contribution in [-0.2, 0) is 11.2 Å². The van der Waals surface area contributed by atoms with Crippen LogP contribution in [0.15, 0.2) is 48.5 Å². The van der Waals surface area contributed by atoms with Crippen LogP contribution in [0.5, 0.6) is 5.75 Å². The molecular weight excluding hydrogens is 331 g/mol. The summed E-state index contributed by atoms with van der Waals surface area (Å²) < 4.78 is 39.9. The maximum atomic E-state index is 12.0. The fourth-order valence-corrected chi connectivity index (χ4v) is 2.00. The van der Waals surface area contributed by atoms with Crippen LogP contribution in [-0.4, -0.2) is 12.3 Å². The SMILES string of the molecule is O=C(CCc1ccc(Cl)cc1)Nc1ccc(OC(F)(F)F)cc1. The number of hydrogen-bond acceptors (Lipinski definition) is 2. The van der Waals surface area contributed by atoms with Gasteiger partial charge in [-0.05, 0) is 48.4 Å². The Morgan fingerprint density at radius 3 is 2.22 bits per heavy atom. The number of benzene rings is 2. The molecule has 0 fully saturated rings. The largest absolute Gasteiger partial charge is 0.573 e. The minimum absolute atomic E-state index is 0.232. The third-order valence-electron chi connectivity index (χ3n) is 2.93. The number of hydrogen-bond donors (Lipinski definition) is 1. The lowest BCUT2D eigenvalue weighted by Gasteiger charge is -2.10. The molecule has 23 heavy (non-hydrogen) atoms. The Labute approximate surface area is 136 Å². The number of rotatable bonds is 5. The van der Waals surface area contributed by atoms with Crippen molar-refractivity contribution >= 4 is 23.2 Å². The average Bonchev–Trinajstić information content (AvgIpc) is 2.47. The predicted octanol–water partition coefficient (Wildman–Crippen LogP) is 4.81. The van der Waals surface area contributed by atoms with Gasteiger partial charge in [0.05, 0.1) is 0 Å². The maximum Gasteiger partial charge on any atom is 0.573 e. The lowest BCUT2D eigenvalue weighted by molar-refractivity contribution is -0.274. The zero-order valence-corrected chi connectivity index (χ0v) is 12.6. The second-order valence-corrected chi connectivity index (χ2v) is 5.18. The van der Waals surface area contributed by atoms with Crippen molar-refractivity contribution in [3.05, 3.63) is 59.1 Å². The molecular formula is C16H13ClF3NO2. The highest BCUT2D eigenvalue weighted by Gasteiger charge is 2.30. The minimum atomic E-state index is -4.73. The summed E-state index contributed by atoms with van der Waals surface area (Å²) in [7, 11) is 0. The van der Waals surface area contributed by atoms with Crippen LogP contribution in [0.2, 0.25) is 5.02 Å². The van der Waals surface area contributed by atoms with Gasteiger partial charge in [0.25, 0.3) is 0 Å². The number of alkyl halides is 3. The average molecular weight is 344 g/mol. The van der Waals surface area contributed by atoms with E-state index in [0.29, 0.717) is 17.1 Å². The molecule has 1 N–H and O–H groups in total. The van der Waals surface area contributed by atoms with Crippen LogP contribution in [0, 0.1) is 0 Å². The van der Waals surface area contributed by atoms with E-state index < -0.39 is 6.36 Å². The molecule has 0 aromatic heterocycles. The van der Waals surface area contributed by atoms with E-state index in [4.69, 9.17) is 11.6 Å². The highest BCUT2D eigenvalue weighted by Crippen LogP contribution is 2.24. The number of nitrogens with one attached hydrogen (secondary N) is 1. The molecule has 2 aromatic carbocycles. The van der Waals surface area contributed by atoms with Crippen molar-refractivity contribution in [3.8, 4) is 5.75 Å². The molecule has 2 rings (SSSR count). The Balaban J connectivity index is 1.84. The van der Waals surface area contributed by atoms with Gasteiger partial charge in [-0.2, -0.15) is 0 Å². The standard InChI is InChI=1S/C16H13ClF3NO2/c17-12-4-1-11(2-5-12)3-10-15(22)21-13-6-8-14(9-7-13)23-16(18,19)20/h1-2,4-9H,3,10H2,(H,21,22). The molecule has 0 atom stereocenters. The molecule has 0 heterocycles. The van der Waals surface area contributed by atoms with E-state index in [0.717, 1.165) is 17.7 Å². The molecule has 3 nitrogen and oxygen atoms in total. The van der Waals surface area contributed by atoms with Crippen molar-refractivity contribution in [2.45, 2.75) is 19.2 Å². The van der Waals surface area contributed by atoms with E-state index in [1.807, 2.05) is 12.1 Å². The summed E-state index contributed by atoms with van der Waals surface area (Å²) in [6, 6.07) is 12.1. The molecule has 7 heteroatoms. The van der Waals surface area contributed by atoms with E-state index in [9.17, 15) is 18.0 Å². The summed E-state index contributed by atoms with van der Waals surface area (Å²) in [5.41, 5.74) is 1.37. The first-order valence-corrected chi connectivity index (χ1v) is 7.10. The summed E-state index contributed by atoms with van der Waals surface area (Å²) in [5.74, 6) is -0.568. The fraction of sp³-hybridized carbons (Fsp3) is 0.188. The zero-order chi connectivity index (χ0) is 16.9. The molecule has 1 amide bonds. The minimum Gasteiger partial charge on any atom is -0.406 e. The van der Waals surface area contributed by atoms with Crippen molar-refractivity contribution in [3.63, 3.8) is 0 Å². The van der Waals surface area contributed by atoms with E-state index in [1.165, 1.54) is 12.1 Å². The lowest BCUT2D eigenvalue weighted by Crippen LogP contribution is -2.17. The molecule has 0 aliphatic heterocycles. The van der Waals surface area contributed by atoms with Crippen molar-refractivity contribution < 1.29 is 22.7 Å². The van der Waals surface area contributed by atoms with E-state index in [1.54, 1.807) is 12.1 Å². The third-order valence-corrected chi connectivity index (χ3v) is 3.18. The Hall–Kier alpha value is -2.21. The first-order chi connectivity index (χ1) is 10.8. The first-order valence-electron chi connectivity index (χ1n) is 6.72. The highest BCUT2D eigenvalue weighted by molar-refractivity contribution is 6.30. The van der Waals surface area contributed by atoms with Gasteiger partial charge in [0, 0.05) is 17.1 Å². The number of aryl methyl sites for hydroxylation is 1. The summed E-state index contributed by atoms with van der Waals surface area (Å²) in [6.45, 7) is 0. The van der Waals surface area contributed by atoms with Crippen LogP contribution in [0.1, 0.15) is 12.0 Å². The molecule has 0 saturated carbocycles. The molecule has 122 valence electrons. The smallest absolute Gasteiger partial charge is 0.406 e. The maximum absolute atomic E-state index is 12.0. The number of carbonyl (C=O) groups excluding carboxylic acids is 1. The van der Waals surface area contributed by atoms with Gasteiger partial charge < -0.3 is 10.1 Å². The summed E-state index contributed by atoms with van der Waals surface area (Å²) >= 11 is 5.77. The van der Waals surface area contributed by atoms with Gasteiger partial charge in [0.15, 0.2) is 0 Å². The Morgan fingerprint density at radius 2 is 1.65 bits per heavy atom. The van der Waals surface area contributed by atoms with Crippen LogP contribution in [0.3, 0.4) is 0 Å². The molecule has 0 aliphatic rings. The van der Waals surface area contributed by atoms with E-state index in [2.05, 4.69) is 10.1 Å². The molecule has 0 unspecified atom stereocenters. The molecule has 0 bridgehead atoms. The number of halogens is 4. The van der Waals surface area contributed by atoms with Crippen molar-refractivity contribution in [2.75, 3.05) is 5.32 Å². The molecule has 0 saturated heterocycles. The zero-order valence-electron chi connectivity index (χ0n) is 11.9. The number of amides is 1. The predicted molar refractivity (Wildman–Crippen MR) is 81.5 cm³/mol. The second kappa shape index (κ2) is 7.37. The van der Waals surface area contributed by atoms with E-state index in [-0.39, 0.29) is 18.1 Å². The molecule has 0 aliphatic carbocycles. The summed E-state index contributed by atoms with van der Waals surface area (Å²) in [6.07, 6.45) is -3.94. The first kappa shape index (κ1) is 17.1. The van der Waals surface area contributed by atoms with Gasteiger partial charge in [-0.1, -0.05) is 23.7 Å². The Bertz CT molecular complexity index is 655. The molecule has 0 spiro atoms. The third kappa shape index (κ3) is 6.20. The van der Waals surface area contributed by atoms with Crippen molar-refractivity contribution in [2.24, 2.45) is 0 Å². The van der Waals surface area contributed by atoms with Gasteiger partial charge in [0.2, 0.25) is 5.91 Å². The second-order valence-electron chi connectivity index (χ2n) is 4.75. The van der Waals surface area contributed by atoms with Crippen molar-refractivity contribution in [1.29, 1.82) is 0 Å². The monoisotopic (exact) mass is 343 g/mol. The number of anilines is 1. The lowest BCUT2D eigenvalue weighted by atomic mass is 10.1. The summed E-state index contributed by atoms with van der Waals surface area (Å²) in [5, 5.41) is 3.24. The highest BCUT2D eigenvalue weighted by atomic mass is 35.5. The van der Waals surface area contributed by atoms with Gasteiger partial charge in [-0.3, -0.25) is 4.79 Å².